The number of hydrogen-bond acceptors (Lipinski definition) is 3. The lowest BCUT2D eigenvalue weighted by Crippen LogP contribution is -2.55. The van der Waals surface area contributed by atoms with Crippen LogP contribution < -0.4 is 0 Å². The van der Waals surface area contributed by atoms with Gasteiger partial charge in [0, 0.05) is 48.3 Å². The van der Waals surface area contributed by atoms with Gasteiger partial charge in [-0.1, -0.05) is 22.0 Å². The number of carbonyl (C=O) groups excluding carboxylic acids is 1. The van der Waals surface area contributed by atoms with E-state index in [1.165, 1.54) is 43.4 Å². The number of piperazine rings is 1. The summed E-state index contributed by atoms with van der Waals surface area (Å²) in [5.74, 6) is 2.16. The van der Waals surface area contributed by atoms with Gasteiger partial charge in [-0.2, -0.15) is 0 Å². The molecule has 6 rings (SSSR count). The van der Waals surface area contributed by atoms with Crippen molar-refractivity contribution in [3.05, 3.63) is 22.4 Å². The summed E-state index contributed by atoms with van der Waals surface area (Å²) in [4.78, 5) is 19.2. The molecule has 0 aromatic carbocycles. The second kappa shape index (κ2) is 6.59. The molecule has 0 spiro atoms. The van der Waals surface area contributed by atoms with Crippen LogP contribution in [0.25, 0.3) is 0 Å². The minimum atomic E-state index is 0.304. The zero-order valence-corrected chi connectivity index (χ0v) is 17.9. The van der Waals surface area contributed by atoms with Gasteiger partial charge in [-0.15, -0.1) is 11.3 Å². The van der Waals surface area contributed by atoms with E-state index in [1.54, 1.807) is 0 Å². The highest BCUT2D eigenvalue weighted by Crippen LogP contribution is 2.65. The molecule has 0 N–H and O–H groups in total. The molecule has 2 atom stereocenters. The van der Waals surface area contributed by atoms with Crippen LogP contribution in [0.4, 0.5) is 0 Å². The van der Waals surface area contributed by atoms with Crippen molar-refractivity contribution in [1.82, 2.24) is 9.80 Å². The maximum Gasteiger partial charge on any atom is 0.223 e. The Labute approximate surface area is 169 Å². The van der Waals surface area contributed by atoms with Gasteiger partial charge in [-0.3, -0.25) is 9.69 Å². The Morgan fingerprint density at radius 2 is 1.88 bits per heavy atom. The molecular formula is C21H29BrN2OS. The fourth-order valence-corrected chi connectivity index (χ4v) is 9.01. The third-order valence-electron chi connectivity index (χ3n) is 7.32. The van der Waals surface area contributed by atoms with Crippen molar-refractivity contribution < 1.29 is 4.79 Å². The molecule has 5 aliphatic rings. The molecule has 5 heteroatoms. The lowest BCUT2D eigenvalue weighted by atomic mass is 9.48. The highest BCUT2D eigenvalue weighted by atomic mass is 79.9. The number of nitrogens with zero attached hydrogens (tertiary/aromatic N) is 2. The van der Waals surface area contributed by atoms with E-state index in [2.05, 4.69) is 43.2 Å². The molecule has 4 bridgehead atoms. The molecule has 4 saturated carbocycles. The summed E-state index contributed by atoms with van der Waals surface area (Å²) in [7, 11) is 0. The molecule has 3 nitrogen and oxygen atoms in total. The largest absolute Gasteiger partial charge is 0.340 e. The van der Waals surface area contributed by atoms with Gasteiger partial charge in [0.15, 0.2) is 0 Å². The second-order valence-electron chi connectivity index (χ2n) is 9.52. The number of hydrogen-bond donors (Lipinski definition) is 0. The Hall–Kier alpha value is -0.390. The van der Waals surface area contributed by atoms with Crippen molar-refractivity contribution in [2.75, 3.05) is 26.2 Å². The first-order valence-corrected chi connectivity index (χ1v) is 11.9. The van der Waals surface area contributed by atoms with E-state index in [1.807, 2.05) is 11.3 Å². The second-order valence-corrected chi connectivity index (χ2v) is 12.2. The molecule has 142 valence electrons. The van der Waals surface area contributed by atoms with Crippen molar-refractivity contribution in [2.24, 2.45) is 17.3 Å². The van der Waals surface area contributed by atoms with E-state index in [9.17, 15) is 4.79 Å². The maximum atomic E-state index is 13.1. The molecular weight excluding hydrogens is 408 g/mol. The number of amides is 1. The third-order valence-corrected chi connectivity index (χ3v) is 9.11. The maximum absolute atomic E-state index is 13.1. The quantitative estimate of drug-likeness (QED) is 0.647. The lowest BCUT2D eigenvalue weighted by molar-refractivity contribution is -0.140. The van der Waals surface area contributed by atoms with E-state index in [0.29, 0.717) is 15.6 Å². The molecule has 2 heterocycles. The zero-order chi connectivity index (χ0) is 17.8. The van der Waals surface area contributed by atoms with Crippen LogP contribution in [0, 0.1) is 17.3 Å². The highest BCUT2D eigenvalue weighted by molar-refractivity contribution is 9.10. The van der Waals surface area contributed by atoms with E-state index in [0.717, 1.165) is 51.0 Å². The fraction of sp³-hybridized carbons (Fsp3) is 0.762. The first-order valence-electron chi connectivity index (χ1n) is 10.2. The van der Waals surface area contributed by atoms with Gasteiger partial charge in [-0.25, -0.2) is 0 Å². The molecule has 26 heavy (non-hydrogen) atoms. The normalized spacial score (nSPS) is 39.5. The highest BCUT2D eigenvalue weighted by Gasteiger charge is 2.57. The van der Waals surface area contributed by atoms with Crippen molar-refractivity contribution in [1.29, 1.82) is 0 Å². The summed E-state index contributed by atoms with van der Waals surface area (Å²) in [6.45, 7) is 4.90. The Balaban J connectivity index is 1.18. The van der Waals surface area contributed by atoms with E-state index >= 15 is 0 Å². The van der Waals surface area contributed by atoms with Crippen LogP contribution in [-0.4, -0.2) is 46.2 Å². The van der Waals surface area contributed by atoms with Crippen LogP contribution in [0.2, 0.25) is 0 Å². The van der Waals surface area contributed by atoms with Crippen LogP contribution in [0.3, 0.4) is 0 Å². The van der Waals surface area contributed by atoms with Crippen LogP contribution >= 0.6 is 27.3 Å². The van der Waals surface area contributed by atoms with Gasteiger partial charge >= 0.3 is 0 Å². The molecule has 0 radical (unpaired) electrons. The standard InChI is InChI=1S/C21H29BrN2OS/c22-21-11-16-8-17(12-21)10-20(9-16,15-21)13-19(25)24-5-3-23(4-6-24)14-18-2-1-7-26-18/h1-2,7,16-17H,3-6,8-15H2. The number of rotatable bonds is 4. The summed E-state index contributed by atoms with van der Waals surface area (Å²) >= 11 is 5.92. The minimum Gasteiger partial charge on any atom is -0.340 e. The topological polar surface area (TPSA) is 23.6 Å². The molecule has 1 aliphatic heterocycles. The van der Waals surface area contributed by atoms with Crippen molar-refractivity contribution in [2.45, 2.75) is 55.8 Å². The van der Waals surface area contributed by atoms with E-state index in [4.69, 9.17) is 0 Å². The number of alkyl halides is 1. The predicted octanol–water partition coefficient (Wildman–Crippen LogP) is 4.52. The van der Waals surface area contributed by atoms with Gasteiger partial charge in [0.2, 0.25) is 5.91 Å². The molecule has 4 aliphatic carbocycles. The molecule has 2 unspecified atom stereocenters. The smallest absolute Gasteiger partial charge is 0.223 e. The van der Waals surface area contributed by atoms with E-state index in [-0.39, 0.29) is 0 Å². The summed E-state index contributed by atoms with van der Waals surface area (Å²) < 4.78 is 0.358. The Morgan fingerprint density at radius 3 is 2.50 bits per heavy atom. The number of carbonyl (C=O) groups is 1. The van der Waals surface area contributed by atoms with Crippen LogP contribution in [-0.2, 0) is 11.3 Å². The number of halogens is 1. The average molecular weight is 437 g/mol. The monoisotopic (exact) mass is 436 g/mol. The Morgan fingerprint density at radius 1 is 1.15 bits per heavy atom. The van der Waals surface area contributed by atoms with Gasteiger partial charge < -0.3 is 4.90 Å². The zero-order valence-electron chi connectivity index (χ0n) is 15.5. The van der Waals surface area contributed by atoms with Crippen molar-refractivity contribution in [3.8, 4) is 0 Å². The summed E-state index contributed by atoms with van der Waals surface area (Å²) in [6.07, 6.45) is 8.77. The van der Waals surface area contributed by atoms with E-state index < -0.39 is 0 Å². The van der Waals surface area contributed by atoms with Crippen molar-refractivity contribution in [3.63, 3.8) is 0 Å². The third kappa shape index (κ3) is 3.40. The fourth-order valence-electron chi connectivity index (χ4n) is 6.75. The molecule has 1 aromatic rings. The molecule has 5 fully saturated rings. The molecule has 1 aromatic heterocycles. The molecule has 1 saturated heterocycles. The first-order chi connectivity index (χ1) is 12.5. The van der Waals surface area contributed by atoms with Gasteiger partial charge in [0.25, 0.3) is 0 Å². The van der Waals surface area contributed by atoms with Gasteiger partial charge in [0.1, 0.15) is 0 Å². The van der Waals surface area contributed by atoms with Crippen molar-refractivity contribution >= 4 is 33.2 Å². The van der Waals surface area contributed by atoms with Gasteiger partial charge in [-0.05, 0) is 67.2 Å². The summed E-state index contributed by atoms with van der Waals surface area (Å²) in [6, 6.07) is 4.34. The van der Waals surface area contributed by atoms with Crippen LogP contribution in [0.15, 0.2) is 17.5 Å². The SMILES string of the molecule is O=C(CC12CC3CC(CC(Br)(C3)C1)C2)N1CCN(Cc2cccs2)CC1. The molecule has 1 amide bonds. The number of thiophene rings is 1. The first kappa shape index (κ1) is 17.7. The van der Waals surface area contributed by atoms with Crippen LogP contribution in [0.5, 0.6) is 0 Å². The Kier molecular flexibility index (Phi) is 4.49. The minimum absolute atomic E-state index is 0.304. The summed E-state index contributed by atoms with van der Waals surface area (Å²) in [5, 5.41) is 2.15. The summed E-state index contributed by atoms with van der Waals surface area (Å²) in [5.41, 5.74) is 0.304. The average Bonchev–Trinajstić information content (AvgIpc) is 3.05. The predicted molar refractivity (Wildman–Crippen MR) is 110 cm³/mol. The Bertz CT molecular complexity index is 654. The van der Waals surface area contributed by atoms with Gasteiger partial charge in [0.05, 0.1) is 0 Å². The van der Waals surface area contributed by atoms with Crippen LogP contribution in [0.1, 0.15) is 49.8 Å². The lowest BCUT2D eigenvalue weighted by Gasteiger charge is -2.60.